The lowest BCUT2D eigenvalue weighted by Gasteiger charge is -2.31. The number of hydrogen-bond donors (Lipinski definition) is 0. The van der Waals surface area contributed by atoms with E-state index in [1.165, 1.54) is 0 Å². The molecule has 0 N–H and O–H groups in total. The number of halogens is 1. The first-order valence-corrected chi connectivity index (χ1v) is 11.5. The summed E-state index contributed by atoms with van der Waals surface area (Å²) in [5.74, 6) is -0.528. The second kappa shape index (κ2) is 7.80. The van der Waals surface area contributed by atoms with Crippen molar-refractivity contribution < 1.29 is 13.2 Å². The Hall–Kier alpha value is -2.38. The summed E-state index contributed by atoms with van der Waals surface area (Å²) in [7, 11) is -4.00. The molecule has 0 saturated carbocycles. The van der Waals surface area contributed by atoms with Gasteiger partial charge in [0, 0.05) is 18.1 Å². The summed E-state index contributed by atoms with van der Waals surface area (Å²) in [6.07, 6.45) is 2.79. The average Bonchev–Trinajstić information content (AvgIpc) is 2.71. The zero-order chi connectivity index (χ0) is 20.6. The number of hydrazone groups is 1. The van der Waals surface area contributed by atoms with Crippen molar-refractivity contribution in [1.82, 2.24) is 4.90 Å². The summed E-state index contributed by atoms with van der Waals surface area (Å²) in [5.41, 5.74) is 2.17. The quantitative estimate of drug-likeness (QED) is 0.741. The van der Waals surface area contributed by atoms with E-state index in [9.17, 15) is 13.2 Å². The number of hydrogen-bond acceptors (Lipinski definition) is 5. The van der Waals surface area contributed by atoms with Crippen LogP contribution in [0.4, 0.5) is 5.69 Å². The molecule has 29 heavy (non-hydrogen) atoms. The largest absolute Gasteiger partial charge is 0.337 e. The first-order valence-electron chi connectivity index (χ1n) is 9.62. The fraction of sp³-hybridized carbons (Fsp3) is 0.333. The Morgan fingerprint density at radius 1 is 1.10 bits per heavy atom. The standard InChI is InChI=1S/C21H22ClN3O3S/c1-15-9-10-19-18(13-15)25(14-16-7-3-4-8-17(16)22)23-20(29(19,27)28)21(26)24-11-5-2-6-12-24/h3-4,7-10,13H,2,5-6,11-12,14H2,1H3. The zero-order valence-corrected chi connectivity index (χ0v) is 17.7. The summed E-state index contributed by atoms with van der Waals surface area (Å²) >= 11 is 6.31. The van der Waals surface area contributed by atoms with Crippen LogP contribution >= 0.6 is 11.6 Å². The monoisotopic (exact) mass is 431 g/mol. The fourth-order valence-electron chi connectivity index (χ4n) is 3.68. The molecule has 2 aliphatic rings. The van der Waals surface area contributed by atoms with Gasteiger partial charge in [-0.3, -0.25) is 9.80 Å². The second-order valence-corrected chi connectivity index (χ2v) is 9.62. The van der Waals surface area contributed by atoms with Gasteiger partial charge in [0.15, 0.2) is 0 Å². The van der Waals surface area contributed by atoms with Crippen LogP contribution in [0.1, 0.15) is 30.4 Å². The van der Waals surface area contributed by atoms with Crippen LogP contribution in [0.15, 0.2) is 52.5 Å². The smallest absolute Gasteiger partial charge is 0.286 e. The molecular formula is C21H22ClN3O3S. The van der Waals surface area contributed by atoms with Gasteiger partial charge in [-0.2, -0.15) is 5.10 Å². The first kappa shape index (κ1) is 19.9. The normalized spacial score (nSPS) is 18.2. The predicted molar refractivity (Wildman–Crippen MR) is 114 cm³/mol. The number of carbonyl (C=O) groups is 1. The molecule has 0 spiro atoms. The van der Waals surface area contributed by atoms with E-state index in [0.29, 0.717) is 23.8 Å². The molecule has 0 unspecified atom stereocenters. The third-order valence-electron chi connectivity index (χ3n) is 5.25. The molecule has 2 heterocycles. The lowest BCUT2D eigenvalue weighted by atomic mass is 10.1. The van der Waals surface area contributed by atoms with E-state index in [4.69, 9.17) is 11.6 Å². The van der Waals surface area contributed by atoms with Crippen LogP contribution in [0.3, 0.4) is 0 Å². The maximum absolute atomic E-state index is 13.2. The summed E-state index contributed by atoms with van der Waals surface area (Å²) in [6, 6.07) is 12.4. The fourth-order valence-corrected chi connectivity index (χ4v) is 5.33. The van der Waals surface area contributed by atoms with Crippen LogP contribution in [-0.4, -0.2) is 37.4 Å². The molecule has 0 aromatic heterocycles. The summed E-state index contributed by atoms with van der Waals surface area (Å²) < 4.78 is 26.5. The molecule has 0 atom stereocenters. The Balaban J connectivity index is 1.80. The minimum Gasteiger partial charge on any atom is -0.337 e. The maximum Gasteiger partial charge on any atom is 0.286 e. The highest BCUT2D eigenvalue weighted by Crippen LogP contribution is 2.35. The van der Waals surface area contributed by atoms with Crippen molar-refractivity contribution in [2.75, 3.05) is 18.1 Å². The van der Waals surface area contributed by atoms with Gasteiger partial charge in [0.2, 0.25) is 14.9 Å². The third-order valence-corrected chi connectivity index (χ3v) is 7.31. The molecule has 0 aliphatic carbocycles. The lowest BCUT2D eigenvalue weighted by molar-refractivity contribution is -0.124. The van der Waals surface area contributed by atoms with E-state index >= 15 is 0 Å². The molecule has 2 aliphatic heterocycles. The Kier molecular flexibility index (Phi) is 5.36. The van der Waals surface area contributed by atoms with Gasteiger partial charge < -0.3 is 4.90 Å². The van der Waals surface area contributed by atoms with Crippen molar-refractivity contribution in [3.8, 4) is 0 Å². The first-order chi connectivity index (χ1) is 13.9. The van der Waals surface area contributed by atoms with Crippen molar-refractivity contribution in [1.29, 1.82) is 0 Å². The van der Waals surface area contributed by atoms with Crippen LogP contribution in [-0.2, 0) is 21.2 Å². The number of aryl methyl sites for hydroxylation is 1. The number of likely N-dealkylation sites (tertiary alicyclic amines) is 1. The molecule has 152 valence electrons. The van der Waals surface area contributed by atoms with E-state index in [1.54, 1.807) is 34.2 Å². The molecule has 4 rings (SSSR count). The van der Waals surface area contributed by atoms with E-state index in [1.807, 2.05) is 25.1 Å². The van der Waals surface area contributed by atoms with Gasteiger partial charge in [-0.15, -0.1) is 0 Å². The molecule has 1 saturated heterocycles. The van der Waals surface area contributed by atoms with Crippen molar-refractivity contribution >= 4 is 38.1 Å². The molecule has 0 bridgehead atoms. The molecule has 1 fully saturated rings. The van der Waals surface area contributed by atoms with E-state index < -0.39 is 20.8 Å². The number of carbonyl (C=O) groups excluding carboxylic acids is 1. The molecule has 2 aromatic carbocycles. The van der Waals surface area contributed by atoms with Crippen LogP contribution in [0, 0.1) is 6.92 Å². The highest BCUT2D eigenvalue weighted by atomic mass is 35.5. The number of anilines is 1. The minimum atomic E-state index is -4.00. The topological polar surface area (TPSA) is 70.1 Å². The third kappa shape index (κ3) is 3.76. The van der Waals surface area contributed by atoms with Gasteiger partial charge in [-0.1, -0.05) is 35.9 Å². The maximum atomic E-state index is 13.2. The zero-order valence-electron chi connectivity index (χ0n) is 16.1. The van der Waals surface area contributed by atoms with Gasteiger partial charge in [-0.05, 0) is 55.5 Å². The number of fused-ring (bicyclic) bond motifs is 1. The number of rotatable bonds is 3. The molecule has 8 heteroatoms. The Bertz CT molecular complexity index is 1090. The average molecular weight is 432 g/mol. The molecule has 1 amide bonds. The van der Waals surface area contributed by atoms with Crippen LogP contribution in [0.2, 0.25) is 5.02 Å². The number of amides is 1. The molecular weight excluding hydrogens is 410 g/mol. The Morgan fingerprint density at radius 3 is 2.55 bits per heavy atom. The second-order valence-electron chi connectivity index (χ2n) is 7.38. The van der Waals surface area contributed by atoms with Crippen molar-refractivity contribution in [3.05, 3.63) is 58.6 Å². The van der Waals surface area contributed by atoms with E-state index in [2.05, 4.69) is 5.10 Å². The molecule has 6 nitrogen and oxygen atoms in total. The van der Waals surface area contributed by atoms with Crippen LogP contribution < -0.4 is 5.01 Å². The summed E-state index contributed by atoms with van der Waals surface area (Å²) in [5, 5.41) is 6.06. The SMILES string of the molecule is Cc1ccc2c(c1)N(Cc1ccccc1Cl)N=C(C(=O)N1CCCCC1)S2(=O)=O. The summed E-state index contributed by atoms with van der Waals surface area (Å²) in [6.45, 7) is 3.26. The van der Waals surface area contributed by atoms with Gasteiger partial charge in [0.1, 0.15) is 0 Å². The number of benzene rings is 2. The number of piperidine rings is 1. The minimum absolute atomic E-state index is 0.102. The number of nitrogens with zero attached hydrogens (tertiary/aromatic N) is 3. The lowest BCUT2D eigenvalue weighted by Crippen LogP contribution is -2.45. The van der Waals surface area contributed by atoms with Gasteiger partial charge >= 0.3 is 0 Å². The van der Waals surface area contributed by atoms with Crippen molar-refractivity contribution in [3.63, 3.8) is 0 Å². The summed E-state index contributed by atoms with van der Waals surface area (Å²) in [4.78, 5) is 14.8. The highest BCUT2D eigenvalue weighted by Gasteiger charge is 2.39. The molecule has 2 aromatic rings. The van der Waals surface area contributed by atoms with Crippen molar-refractivity contribution in [2.24, 2.45) is 5.10 Å². The molecule has 0 radical (unpaired) electrons. The van der Waals surface area contributed by atoms with Gasteiger partial charge in [0.25, 0.3) is 5.91 Å². The predicted octanol–water partition coefficient (Wildman–Crippen LogP) is 3.77. The van der Waals surface area contributed by atoms with Crippen LogP contribution in [0.5, 0.6) is 0 Å². The number of sulfone groups is 1. The van der Waals surface area contributed by atoms with Crippen LogP contribution in [0.25, 0.3) is 0 Å². The highest BCUT2D eigenvalue weighted by molar-refractivity contribution is 8.08. The van der Waals surface area contributed by atoms with Crippen molar-refractivity contribution in [2.45, 2.75) is 37.6 Å². The van der Waals surface area contributed by atoms with E-state index in [0.717, 1.165) is 30.4 Å². The Labute approximate surface area is 175 Å². The van der Waals surface area contributed by atoms with E-state index in [-0.39, 0.29) is 11.4 Å². The Morgan fingerprint density at radius 2 is 1.83 bits per heavy atom. The van der Waals surface area contributed by atoms with Gasteiger partial charge in [-0.25, -0.2) is 8.42 Å². The van der Waals surface area contributed by atoms with Gasteiger partial charge in [0.05, 0.1) is 17.1 Å².